The molecule has 1 rings (SSSR count). The van der Waals surface area contributed by atoms with Crippen molar-refractivity contribution < 1.29 is 19.1 Å². The Labute approximate surface area is 105 Å². The molecule has 0 aromatic heterocycles. The average Bonchev–Trinajstić information content (AvgIpc) is 2.29. The summed E-state index contributed by atoms with van der Waals surface area (Å²) in [4.78, 5) is 23.6. The van der Waals surface area contributed by atoms with E-state index in [2.05, 4.69) is 5.32 Å². The summed E-state index contributed by atoms with van der Waals surface area (Å²) >= 11 is 1.32. The number of rotatable bonds is 4. The van der Waals surface area contributed by atoms with Crippen molar-refractivity contribution in [2.45, 2.75) is 26.8 Å². The molecule has 5 nitrogen and oxygen atoms in total. The predicted octanol–water partition coefficient (Wildman–Crippen LogP) is 1.05. The van der Waals surface area contributed by atoms with Gasteiger partial charge in [0.05, 0.1) is 13.2 Å². The first kappa shape index (κ1) is 13.9. The second-order valence-corrected chi connectivity index (χ2v) is 4.46. The van der Waals surface area contributed by atoms with E-state index in [0.717, 1.165) is 0 Å². The van der Waals surface area contributed by atoms with Crippen LogP contribution in [0.4, 0.5) is 0 Å². The Bertz CT molecular complexity index is 340. The molecule has 0 radical (unpaired) electrons. The van der Waals surface area contributed by atoms with Gasteiger partial charge >= 0.3 is 11.9 Å². The van der Waals surface area contributed by atoms with Gasteiger partial charge in [-0.1, -0.05) is 0 Å². The number of carbonyl (C=O) groups excluding carboxylic acids is 2. The van der Waals surface area contributed by atoms with Crippen LogP contribution in [0.1, 0.15) is 20.8 Å². The first-order valence-corrected chi connectivity index (χ1v) is 6.52. The molecule has 0 saturated heterocycles. The fourth-order valence-electron chi connectivity index (χ4n) is 1.42. The Morgan fingerprint density at radius 3 is 2.53 bits per heavy atom. The maximum Gasteiger partial charge on any atom is 0.346 e. The van der Waals surface area contributed by atoms with Gasteiger partial charge in [-0.25, -0.2) is 9.59 Å². The molecular formula is C11H17NO4S. The van der Waals surface area contributed by atoms with E-state index >= 15 is 0 Å². The van der Waals surface area contributed by atoms with Crippen molar-refractivity contribution in [1.82, 2.24) is 5.32 Å². The van der Waals surface area contributed by atoms with Crippen LogP contribution in [0.2, 0.25) is 0 Å². The quantitative estimate of drug-likeness (QED) is 0.761. The summed E-state index contributed by atoms with van der Waals surface area (Å²) in [5.41, 5.74) is 0.665. The van der Waals surface area contributed by atoms with E-state index in [1.165, 1.54) is 11.8 Å². The van der Waals surface area contributed by atoms with Crippen LogP contribution in [0, 0.1) is 0 Å². The lowest BCUT2D eigenvalue weighted by Crippen LogP contribution is -2.42. The molecule has 0 saturated carbocycles. The Morgan fingerprint density at radius 1 is 1.35 bits per heavy atom. The van der Waals surface area contributed by atoms with E-state index in [0.29, 0.717) is 29.6 Å². The van der Waals surface area contributed by atoms with Gasteiger partial charge in [0.15, 0.2) is 0 Å². The topological polar surface area (TPSA) is 64.6 Å². The molecule has 0 spiro atoms. The van der Waals surface area contributed by atoms with Crippen LogP contribution in [0.5, 0.6) is 0 Å². The smallest absolute Gasteiger partial charge is 0.346 e. The molecule has 1 heterocycles. The first-order chi connectivity index (χ1) is 8.10. The van der Waals surface area contributed by atoms with Crippen molar-refractivity contribution >= 4 is 23.7 Å². The molecule has 0 amide bonds. The molecule has 1 aliphatic rings. The molecule has 6 heteroatoms. The van der Waals surface area contributed by atoms with E-state index in [1.54, 1.807) is 20.8 Å². The van der Waals surface area contributed by atoms with Gasteiger partial charge in [0.1, 0.15) is 10.9 Å². The van der Waals surface area contributed by atoms with Gasteiger partial charge in [0.2, 0.25) is 0 Å². The molecule has 1 atom stereocenters. The fraction of sp³-hybridized carbons (Fsp3) is 0.636. The van der Waals surface area contributed by atoms with Crippen LogP contribution in [-0.2, 0) is 19.1 Å². The minimum Gasteiger partial charge on any atom is -0.464 e. The largest absolute Gasteiger partial charge is 0.464 e. The van der Waals surface area contributed by atoms with Crippen LogP contribution in [-0.4, -0.2) is 36.9 Å². The van der Waals surface area contributed by atoms with Crippen LogP contribution < -0.4 is 5.32 Å². The summed E-state index contributed by atoms with van der Waals surface area (Å²) in [6, 6.07) is -0.391. The molecule has 0 unspecified atom stereocenters. The molecule has 0 fully saturated rings. The standard InChI is InChI=1S/C11H17NO4S/c1-4-15-10(13)8-6-17-9(7(3)12-8)11(14)16-5-2/h8,12H,4-6H2,1-3H3/t8-/m0/s1. The van der Waals surface area contributed by atoms with E-state index in [4.69, 9.17) is 9.47 Å². The van der Waals surface area contributed by atoms with E-state index < -0.39 is 6.04 Å². The highest BCUT2D eigenvalue weighted by Gasteiger charge is 2.28. The van der Waals surface area contributed by atoms with Crippen molar-refractivity contribution in [2.24, 2.45) is 0 Å². The van der Waals surface area contributed by atoms with Gasteiger partial charge in [0.25, 0.3) is 0 Å². The third kappa shape index (κ3) is 3.66. The molecule has 96 valence electrons. The maximum absolute atomic E-state index is 11.6. The number of hydrogen-bond donors (Lipinski definition) is 1. The third-order valence-electron chi connectivity index (χ3n) is 2.16. The Hall–Kier alpha value is -1.17. The lowest BCUT2D eigenvalue weighted by molar-refractivity contribution is -0.145. The van der Waals surface area contributed by atoms with Gasteiger partial charge in [-0.2, -0.15) is 0 Å². The molecule has 1 aliphatic heterocycles. The first-order valence-electron chi connectivity index (χ1n) is 5.54. The van der Waals surface area contributed by atoms with Gasteiger partial charge in [-0.3, -0.25) is 0 Å². The van der Waals surface area contributed by atoms with E-state index in [9.17, 15) is 9.59 Å². The zero-order valence-electron chi connectivity index (χ0n) is 10.2. The Morgan fingerprint density at radius 2 is 2.00 bits per heavy atom. The molecule has 0 aliphatic carbocycles. The molecular weight excluding hydrogens is 242 g/mol. The van der Waals surface area contributed by atoms with Crippen LogP contribution in [0.15, 0.2) is 10.6 Å². The highest BCUT2D eigenvalue weighted by Crippen LogP contribution is 2.26. The number of esters is 2. The second kappa shape index (κ2) is 6.54. The van der Waals surface area contributed by atoms with Gasteiger partial charge in [-0.15, -0.1) is 11.8 Å². The van der Waals surface area contributed by atoms with Crippen molar-refractivity contribution in [2.75, 3.05) is 19.0 Å². The lowest BCUT2D eigenvalue weighted by Gasteiger charge is -2.24. The molecule has 0 bridgehead atoms. The van der Waals surface area contributed by atoms with Crippen molar-refractivity contribution in [1.29, 1.82) is 0 Å². The lowest BCUT2D eigenvalue weighted by atomic mass is 10.3. The van der Waals surface area contributed by atoms with E-state index in [-0.39, 0.29) is 11.9 Å². The molecule has 0 aromatic carbocycles. The highest BCUT2D eigenvalue weighted by molar-refractivity contribution is 8.04. The summed E-state index contributed by atoms with van der Waals surface area (Å²) in [5, 5.41) is 2.97. The summed E-state index contributed by atoms with van der Waals surface area (Å²) in [6.45, 7) is 5.98. The van der Waals surface area contributed by atoms with Gasteiger partial charge in [-0.05, 0) is 20.8 Å². The number of nitrogens with one attached hydrogen (secondary N) is 1. The van der Waals surface area contributed by atoms with Gasteiger partial charge < -0.3 is 14.8 Å². The molecule has 1 N–H and O–H groups in total. The molecule has 17 heavy (non-hydrogen) atoms. The van der Waals surface area contributed by atoms with Crippen LogP contribution >= 0.6 is 11.8 Å². The number of allylic oxidation sites excluding steroid dienone is 1. The third-order valence-corrected chi connectivity index (χ3v) is 3.42. The predicted molar refractivity (Wildman–Crippen MR) is 65.3 cm³/mol. The van der Waals surface area contributed by atoms with Crippen LogP contribution in [0.3, 0.4) is 0 Å². The van der Waals surface area contributed by atoms with Gasteiger partial charge in [0, 0.05) is 11.4 Å². The minimum atomic E-state index is -0.391. The monoisotopic (exact) mass is 259 g/mol. The number of hydrogen-bond acceptors (Lipinski definition) is 6. The average molecular weight is 259 g/mol. The van der Waals surface area contributed by atoms with Crippen molar-refractivity contribution in [3.63, 3.8) is 0 Å². The summed E-state index contributed by atoms with van der Waals surface area (Å²) in [6.07, 6.45) is 0. The Kier molecular flexibility index (Phi) is 5.34. The number of thioether (sulfide) groups is 1. The van der Waals surface area contributed by atoms with E-state index in [1.807, 2.05) is 0 Å². The highest BCUT2D eigenvalue weighted by atomic mass is 32.2. The normalized spacial score (nSPS) is 19.6. The minimum absolute atomic E-state index is 0.290. The molecule has 0 aromatic rings. The summed E-state index contributed by atoms with van der Waals surface area (Å²) in [5.74, 6) is -0.156. The zero-order valence-corrected chi connectivity index (χ0v) is 11.1. The summed E-state index contributed by atoms with van der Waals surface area (Å²) in [7, 11) is 0. The van der Waals surface area contributed by atoms with Crippen molar-refractivity contribution in [3.8, 4) is 0 Å². The second-order valence-electron chi connectivity index (χ2n) is 3.43. The SMILES string of the molecule is CCOC(=O)C1=C(C)N[C@H](C(=O)OCC)CS1. The van der Waals surface area contributed by atoms with Crippen LogP contribution in [0.25, 0.3) is 0 Å². The number of ether oxygens (including phenoxy) is 2. The fourth-order valence-corrected chi connectivity index (χ4v) is 2.43. The maximum atomic E-state index is 11.6. The van der Waals surface area contributed by atoms with Crippen molar-refractivity contribution in [3.05, 3.63) is 10.6 Å². The number of carbonyl (C=O) groups is 2. The zero-order chi connectivity index (χ0) is 12.8. The summed E-state index contributed by atoms with van der Waals surface area (Å²) < 4.78 is 9.84. The Balaban J connectivity index is 2.65.